The zero-order valence-electron chi connectivity index (χ0n) is 11.4. The van der Waals surface area contributed by atoms with Crippen LogP contribution in [0.3, 0.4) is 0 Å². The van der Waals surface area contributed by atoms with Crippen LogP contribution in [0.25, 0.3) is 0 Å². The maximum Gasteiger partial charge on any atom is 0.251 e. The third-order valence-corrected chi connectivity index (χ3v) is 3.45. The van der Waals surface area contributed by atoms with Gasteiger partial charge in [0.1, 0.15) is 11.5 Å². The van der Waals surface area contributed by atoms with Gasteiger partial charge in [0, 0.05) is 23.9 Å². The second-order valence-corrected chi connectivity index (χ2v) is 4.97. The number of carbonyl (C=O) groups is 1. The van der Waals surface area contributed by atoms with Gasteiger partial charge in [-0.2, -0.15) is 0 Å². The molecule has 0 atom stereocenters. The number of anilines is 1. The molecule has 0 saturated heterocycles. The molecule has 2 heterocycles. The first kappa shape index (κ1) is 12.7. The fraction of sp³-hybridized carbons (Fsp3) is 0.333. The largest absolute Gasteiger partial charge is 0.385 e. The van der Waals surface area contributed by atoms with Crippen LogP contribution in [0.4, 0.5) is 5.69 Å². The Hall–Kier alpha value is -2.30. The van der Waals surface area contributed by atoms with Crippen LogP contribution in [0, 0.1) is 6.92 Å². The maximum absolute atomic E-state index is 12.3. The van der Waals surface area contributed by atoms with E-state index in [1.165, 1.54) is 0 Å². The van der Waals surface area contributed by atoms with E-state index in [9.17, 15) is 4.79 Å². The summed E-state index contributed by atoms with van der Waals surface area (Å²) in [5, 5.41) is 10.1. The molecular formula is C15H17N3O2. The Morgan fingerprint density at radius 2 is 2.40 bits per heavy atom. The van der Waals surface area contributed by atoms with E-state index >= 15 is 0 Å². The van der Waals surface area contributed by atoms with Crippen molar-refractivity contribution in [2.45, 2.75) is 26.3 Å². The van der Waals surface area contributed by atoms with Crippen molar-refractivity contribution in [3.05, 3.63) is 46.8 Å². The first-order valence-electron chi connectivity index (χ1n) is 6.80. The van der Waals surface area contributed by atoms with Crippen molar-refractivity contribution in [2.75, 3.05) is 11.9 Å². The molecule has 0 bridgehead atoms. The van der Waals surface area contributed by atoms with Gasteiger partial charge < -0.3 is 15.2 Å². The zero-order chi connectivity index (χ0) is 13.9. The van der Waals surface area contributed by atoms with E-state index < -0.39 is 0 Å². The Morgan fingerprint density at radius 1 is 1.50 bits per heavy atom. The van der Waals surface area contributed by atoms with Crippen molar-refractivity contribution in [2.24, 2.45) is 0 Å². The Bertz CT molecular complexity index is 634. The number of hydrogen-bond donors (Lipinski definition) is 2. The minimum absolute atomic E-state index is 0.0637. The molecule has 3 rings (SSSR count). The normalized spacial score (nSPS) is 13.4. The highest BCUT2D eigenvalue weighted by Crippen LogP contribution is 2.25. The Balaban J connectivity index is 1.74. The quantitative estimate of drug-likeness (QED) is 0.898. The lowest BCUT2D eigenvalue weighted by molar-refractivity contribution is 0.0949. The SMILES string of the molecule is Cc1cc(CNC(=O)c2cccc3c2CCCN3)no1. The van der Waals surface area contributed by atoms with Gasteiger partial charge in [-0.15, -0.1) is 0 Å². The number of aromatic nitrogens is 1. The van der Waals surface area contributed by atoms with E-state index in [4.69, 9.17) is 4.52 Å². The van der Waals surface area contributed by atoms with Crippen molar-refractivity contribution < 1.29 is 9.32 Å². The van der Waals surface area contributed by atoms with Crippen molar-refractivity contribution in [3.63, 3.8) is 0 Å². The molecule has 1 aliphatic heterocycles. The summed E-state index contributed by atoms with van der Waals surface area (Å²) in [6.45, 7) is 3.18. The van der Waals surface area contributed by atoms with E-state index in [0.29, 0.717) is 6.54 Å². The van der Waals surface area contributed by atoms with Gasteiger partial charge in [0.2, 0.25) is 0 Å². The minimum Gasteiger partial charge on any atom is -0.385 e. The number of benzene rings is 1. The molecule has 1 amide bonds. The van der Waals surface area contributed by atoms with Gasteiger partial charge in [-0.05, 0) is 37.5 Å². The highest BCUT2D eigenvalue weighted by Gasteiger charge is 2.17. The number of rotatable bonds is 3. The molecular weight excluding hydrogens is 254 g/mol. The Morgan fingerprint density at radius 3 is 3.20 bits per heavy atom. The lowest BCUT2D eigenvalue weighted by Gasteiger charge is -2.20. The molecule has 1 aromatic carbocycles. The minimum atomic E-state index is -0.0637. The van der Waals surface area contributed by atoms with E-state index in [1.54, 1.807) is 0 Å². The van der Waals surface area contributed by atoms with Gasteiger partial charge in [-0.3, -0.25) is 4.79 Å². The third-order valence-electron chi connectivity index (χ3n) is 3.45. The molecule has 2 aromatic rings. The molecule has 0 saturated carbocycles. The first-order valence-corrected chi connectivity index (χ1v) is 6.80. The van der Waals surface area contributed by atoms with Crippen molar-refractivity contribution >= 4 is 11.6 Å². The molecule has 0 spiro atoms. The van der Waals surface area contributed by atoms with Crippen LogP contribution in [-0.4, -0.2) is 17.6 Å². The summed E-state index contributed by atoms with van der Waals surface area (Å²) in [7, 11) is 0. The highest BCUT2D eigenvalue weighted by molar-refractivity contribution is 5.97. The molecule has 2 N–H and O–H groups in total. The molecule has 20 heavy (non-hydrogen) atoms. The van der Waals surface area contributed by atoms with E-state index in [-0.39, 0.29) is 5.91 Å². The molecule has 104 valence electrons. The molecule has 1 aliphatic rings. The van der Waals surface area contributed by atoms with Crippen LogP contribution in [0.15, 0.2) is 28.8 Å². The standard InChI is InChI=1S/C15H17N3O2/c1-10-8-11(18-20-10)9-17-15(19)13-4-2-6-14-12(13)5-3-7-16-14/h2,4,6,8,16H,3,5,7,9H2,1H3,(H,17,19). The summed E-state index contributed by atoms with van der Waals surface area (Å²) in [4.78, 5) is 12.3. The van der Waals surface area contributed by atoms with Crippen LogP contribution in [-0.2, 0) is 13.0 Å². The van der Waals surface area contributed by atoms with Gasteiger partial charge in [-0.25, -0.2) is 0 Å². The molecule has 1 aromatic heterocycles. The third kappa shape index (κ3) is 2.52. The molecule has 5 heteroatoms. The summed E-state index contributed by atoms with van der Waals surface area (Å²) in [6.07, 6.45) is 1.99. The van der Waals surface area contributed by atoms with E-state index in [2.05, 4.69) is 15.8 Å². The van der Waals surface area contributed by atoms with E-state index in [1.807, 2.05) is 31.2 Å². The lowest BCUT2D eigenvalue weighted by atomic mass is 9.97. The topological polar surface area (TPSA) is 67.2 Å². The summed E-state index contributed by atoms with van der Waals surface area (Å²) >= 11 is 0. The summed E-state index contributed by atoms with van der Waals surface area (Å²) < 4.78 is 4.98. The molecule has 0 aliphatic carbocycles. The number of amides is 1. The van der Waals surface area contributed by atoms with Crippen LogP contribution in [0.5, 0.6) is 0 Å². The molecule has 0 fully saturated rings. The number of nitrogens with one attached hydrogen (secondary N) is 2. The fourth-order valence-electron chi connectivity index (χ4n) is 2.49. The van der Waals surface area contributed by atoms with Crippen LogP contribution >= 0.6 is 0 Å². The summed E-state index contributed by atoms with van der Waals surface area (Å²) in [5.74, 6) is 0.682. The Labute approximate surface area is 117 Å². The highest BCUT2D eigenvalue weighted by atomic mass is 16.5. The maximum atomic E-state index is 12.3. The van der Waals surface area contributed by atoms with Gasteiger partial charge in [0.25, 0.3) is 5.91 Å². The smallest absolute Gasteiger partial charge is 0.251 e. The molecule has 0 unspecified atom stereocenters. The van der Waals surface area contributed by atoms with Gasteiger partial charge >= 0.3 is 0 Å². The second-order valence-electron chi connectivity index (χ2n) is 4.97. The van der Waals surface area contributed by atoms with Gasteiger partial charge in [0.05, 0.1) is 6.54 Å². The predicted molar refractivity (Wildman–Crippen MR) is 75.7 cm³/mol. The molecule has 0 radical (unpaired) electrons. The zero-order valence-corrected chi connectivity index (χ0v) is 11.4. The van der Waals surface area contributed by atoms with Gasteiger partial charge in [0.15, 0.2) is 0 Å². The van der Waals surface area contributed by atoms with Crippen molar-refractivity contribution in [3.8, 4) is 0 Å². The second kappa shape index (κ2) is 5.36. The lowest BCUT2D eigenvalue weighted by Crippen LogP contribution is -2.25. The fourth-order valence-corrected chi connectivity index (χ4v) is 2.49. The Kier molecular flexibility index (Phi) is 3.41. The van der Waals surface area contributed by atoms with Crippen molar-refractivity contribution in [1.82, 2.24) is 10.5 Å². The van der Waals surface area contributed by atoms with Crippen LogP contribution < -0.4 is 10.6 Å². The summed E-state index contributed by atoms with van der Waals surface area (Å²) in [5.41, 5.74) is 3.66. The van der Waals surface area contributed by atoms with Crippen LogP contribution in [0.2, 0.25) is 0 Å². The number of aryl methyl sites for hydroxylation is 1. The average Bonchev–Trinajstić information content (AvgIpc) is 2.90. The summed E-state index contributed by atoms with van der Waals surface area (Å²) in [6, 6.07) is 7.62. The first-order chi connectivity index (χ1) is 9.74. The number of fused-ring (bicyclic) bond motifs is 1. The van der Waals surface area contributed by atoms with Gasteiger partial charge in [-0.1, -0.05) is 11.2 Å². The average molecular weight is 271 g/mol. The predicted octanol–water partition coefficient (Wildman–Crippen LogP) is 2.27. The number of carbonyl (C=O) groups excluding carboxylic acids is 1. The van der Waals surface area contributed by atoms with Crippen LogP contribution in [0.1, 0.15) is 33.8 Å². The number of hydrogen-bond acceptors (Lipinski definition) is 4. The monoisotopic (exact) mass is 271 g/mol. The van der Waals surface area contributed by atoms with E-state index in [0.717, 1.165) is 47.7 Å². The number of nitrogens with zero attached hydrogens (tertiary/aromatic N) is 1. The molecule has 5 nitrogen and oxygen atoms in total. The van der Waals surface area contributed by atoms with Crippen molar-refractivity contribution in [1.29, 1.82) is 0 Å².